The average Bonchev–Trinajstić information content (AvgIpc) is 3.15. The van der Waals surface area contributed by atoms with Crippen molar-refractivity contribution in [1.82, 2.24) is 10.6 Å². The van der Waals surface area contributed by atoms with Crippen LogP contribution in [-0.2, 0) is 4.79 Å². The summed E-state index contributed by atoms with van der Waals surface area (Å²) < 4.78 is 0. The molecule has 0 radical (unpaired) electrons. The maximum atomic E-state index is 11.9. The minimum Gasteiger partial charge on any atom is -0.391 e. The minimum atomic E-state index is -0.615. The fourth-order valence-electron chi connectivity index (χ4n) is 2.61. The number of hydrogen-bond donors (Lipinski definition) is 3. The summed E-state index contributed by atoms with van der Waals surface area (Å²) in [5.41, 5.74) is 0. The Bertz CT molecular complexity index is 469. The summed E-state index contributed by atoms with van der Waals surface area (Å²) in [7, 11) is 0. The summed E-state index contributed by atoms with van der Waals surface area (Å²) in [6, 6.07) is 2.90. The summed E-state index contributed by atoms with van der Waals surface area (Å²) in [5, 5.41) is 17.2. The van der Waals surface area contributed by atoms with E-state index in [0.717, 1.165) is 25.7 Å². The van der Waals surface area contributed by atoms with E-state index in [9.17, 15) is 14.7 Å². The number of nitrogens with one attached hydrogen (secondary N) is 2. The first-order chi connectivity index (χ1) is 10.1. The lowest BCUT2D eigenvalue weighted by molar-refractivity contribution is -0.123. The van der Waals surface area contributed by atoms with Crippen LogP contribution in [0.4, 0.5) is 0 Å². The molecule has 0 aromatic carbocycles. The molecular weight excluding hydrogens is 288 g/mol. The zero-order valence-electron chi connectivity index (χ0n) is 12.2. The van der Waals surface area contributed by atoms with Crippen LogP contribution >= 0.6 is 11.3 Å². The molecule has 0 aliphatic heterocycles. The summed E-state index contributed by atoms with van der Waals surface area (Å²) in [4.78, 5) is 24.4. The maximum Gasteiger partial charge on any atom is 0.261 e. The van der Waals surface area contributed by atoms with Gasteiger partial charge in [-0.1, -0.05) is 18.9 Å². The van der Waals surface area contributed by atoms with E-state index in [1.54, 1.807) is 19.1 Å². The zero-order valence-corrected chi connectivity index (χ0v) is 13.0. The first-order valence-corrected chi connectivity index (χ1v) is 8.26. The van der Waals surface area contributed by atoms with Crippen LogP contribution in [0.1, 0.15) is 42.3 Å². The molecule has 2 rings (SSSR count). The van der Waals surface area contributed by atoms with Gasteiger partial charge in [-0.2, -0.15) is 0 Å². The molecule has 1 aromatic rings. The van der Waals surface area contributed by atoms with Crippen molar-refractivity contribution in [3.8, 4) is 0 Å². The van der Waals surface area contributed by atoms with Gasteiger partial charge in [-0.05, 0) is 37.1 Å². The van der Waals surface area contributed by atoms with E-state index in [0.29, 0.717) is 10.8 Å². The van der Waals surface area contributed by atoms with Crippen molar-refractivity contribution >= 4 is 23.2 Å². The van der Waals surface area contributed by atoms with Crippen LogP contribution in [0.5, 0.6) is 0 Å². The molecule has 0 spiro atoms. The number of aliphatic hydroxyl groups excluding tert-OH is 1. The van der Waals surface area contributed by atoms with E-state index >= 15 is 0 Å². The van der Waals surface area contributed by atoms with E-state index in [-0.39, 0.29) is 18.4 Å². The smallest absolute Gasteiger partial charge is 0.261 e. The van der Waals surface area contributed by atoms with Crippen molar-refractivity contribution in [2.24, 2.45) is 5.92 Å². The van der Waals surface area contributed by atoms with Crippen LogP contribution in [0.25, 0.3) is 0 Å². The second-order valence-corrected chi connectivity index (χ2v) is 6.48. The largest absolute Gasteiger partial charge is 0.391 e. The van der Waals surface area contributed by atoms with Crippen LogP contribution in [0.2, 0.25) is 0 Å². The standard InChI is InChI=1S/C15H22N2O3S/c1-10(17-15(20)13-7-4-8-21-13)14(19)16-9-12(18)11-5-2-3-6-11/h4,7-8,10-12,18H,2-3,5-6,9H2,1H3,(H,16,19)(H,17,20). The maximum absolute atomic E-state index is 11.9. The van der Waals surface area contributed by atoms with Crippen LogP contribution in [0.3, 0.4) is 0 Å². The normalized spacial score (nSPS) is 18.2. The third-order valence-electron chi connectivity index (χ3n) is 3.92. The Balaban J connectivity index is 1.73. The molecule has 0 bridgehead atoms. The van der Waals surface area contributed by atoms with Gasteiger partial charge < -0.3 is 15.7 Å². The highest BCUT2D eigenvalue weighted by molar-refractivity contribution is 7.12. The number of hydrogen-bond acceptors (Lipinski definition) is 4. The Labute approximate surface area is 128 Å². The predicted molar refractivity (Wildman–Crippen MR) is 82.2 cm³/mol. The fraction of sp³-hybridized carbons (Fsp3) is 0.600. The number of carbonyl (C=O) groups excluding carboxylic acids is 2. The number of carbonyl (C=O) groups is 2. The van der Waals surface area contributed by atoms with Crippen molar-refractivity contribution < 1.29 is 14.7 Å². The van der Waals surface area contributed by atoms with Crippen molar-refractivity contribution in [3.63, 3.8) is 0 Å². The van der Waals surface area contributed by atoms with Gasteiger partial charge in [0.1, 0.15) is 6.04 Å². The first-order valence-electron chi connectivity index (χ1n) is 7.38. The number of aliphatic hydroxyl groups is 1. The SMILES string of the molecule is CC(NC(=O)c1cccs1)C(=O)NCC(O)C1CCCC1. The van der Waals surface area contributed by atoms with Gasteiger partial charge in [-0.25, -0.2) is 0 Å². The van der Waals surface area contributed by atoms with Gasteiger partial charge >= 0.3 is 0 Å². The highest BCUT2D eigenvalue weighted by Crippen LogP contribution is 2.27. The Morgan fingerprint density at radius 3 is 2.76 bits per heavy atom. The zero-order chi connectivity index (χ0) is 15.2. The van der Waals surface area contributed by atoms with Gasteiger partial charge in [0, 0.05) is 6.54 Å². The average molecular weight is 310 g/mol. The molecule has 1 aromatic heterocycles. The third kappa shape index (κ3) is 4.54. The van der Waals surface area contributed by atoms with Crippen LogP contribution in [0, 0.1) is 5.92 Å². The van der Waals surface area contributed by atoms with E-state index in [2.05, 4.69) is 10.6 Å². The van der Waals surface area contributed by atoms with Crippen LogP contribution in [-0.4, -0.2) is 35.6 Å². The van der Waals surface area contributed by atoms with Crippen molar-refractivity contribution in [2.75, 3.05) is 6.54 Å². The van der Waals surface area contributed by atoms with E-state index < -0.39 is 12.1 Å². The molecule has 1 heterocycles. The lowest BCUT2D eigenvalue weighted by Crippen LogP contribution is -2.47. The van der Waals surface area contributed by atoms with Gasteiger partial charge in [0.25, 0.3) is 5.91 Å². The van der Waals surface area contributed by atoms with E-state index in [4.69, 9.17) is 0 Å². The van der Waals surface area contributed by atoms with Gasteiger partial charge in [0.15, 0.2) is 0 Å². The van der Waals surface area contributed by atoms with Gasteiger partial charge in [-0.3, -0.25) is 9.59 Å². The number of rotatable bonds is 6. The molecule has 1 aliphatic carbocycles. The molecule has 1 aliphatic rings. The monoisotopic (exact) mass is 310 g/mol. The lowest BCUT2D eigenvalue weighted by atomic mass is 10.0. The Kier molecular flexibility index (Phi) is 5.76. The lowest BCUT2D eigenvalue weighted by Gasteiger charge is -2.20. The summed E-state index contributed by atoms with van der Waals surface area (Å²) in [6.07, 6.45) is 3.88. The Morgan fingerprint density at radius 2 is 2.14 bits per heavy atom. The topological polar surface area (TPSA) is 78.4 Å². The highest BCUT2D eigenvalue weighted by atomic mass is 32.1. The minimum absolute atomic E-state index is 0.246. The summed E-state index contributed by atoms with van der Waals surface area (Å²) >= 11 is 1.34. The molecule has 6 heteroatoms. The molecule has 1 fully saturated rings. The first kappa shape index (κ1) is 16.0. The van der Waals surface area contributed by atoms with Crippen molar-refractivity contribution in [1.29, 1.82) is 0 Å². The summed E-state index contributed by atoms with van der Waals surface area (Å²) in [6.45, 7) is 1.89. The second-order valence-electron chi connectivity index (χ2n) is 5.53. The quantitative estimate of drug-likeness (QED) is 0.745. The highest BCUT2D eigenvalue weighted by Gasteiger charge is 2.24. The number of thiophene rings is 1. The Hall–Kier alpha value is -1.40. The molecule has 1 saturated carbocycles. The molecule has 2 amide bonds. The molecule has 2 atom stereocenters. The van der Waals surface area contributed by atoms with Gasteiger partial charge in [0.05, 0.1) is 11.0 Å². The second kappa shape index (κ2) is 7.56. The third-order valence-corrected chi connectivity index (χ3v) is 4.78. The molecule has 21 heavy (non-hydrogen) atoms. The van der Waals surface area contributed by atoms with Gasteiger partial charge in [0.2, 0.25) is 5.91 Å². The molecule has 116 valence electrons. The van der Waals surface area contributed by atoms with Gasteiger partial charge in [-0.15, -0.1) is 11.3 Å². The van der Waals surface area contributed by atoms with E-state index in [1.807, 2.05) is 5.38 Å². The molecule has 5 nitrogen and oxygen atoms in total. The van der Waals surface area contributed by atoms with Crippen molar-refractivity contribution in [2.45, 2.75) is 44.8 Å². The Morgan fingerprint density at radius 1 is 1.43 bits per heavy atom. The van der Waals surface area contributed by atoms with Crippen LogP contribution in [0.15, 0.2) is 17.5 Å². The number of amides is 2. The van der Waals surface area contributed by atoms with E-state index in [1.165, 1.54) is 11.3 Å². The molecular formula is C15H22N2O3S. The summed E-state index contributed by atoms with van der Waals surface area (Å²) in [5.74, 6) is -0.220. The molecule has 2 unspecified atom stereocenters. The van der Waals surface area contributed by atoms with Crippen LogP contribution < -0.4 is 10.6 Å². The molecule has 0 saturated heterocycles. The fourth-order valence-corrected chi connectivity index (χ4v) is 3.24. The molecule has 3 N–H and O–H groups in total. The van der Waals surface area contributed by atoms with Crippen molar-refractivity contribution in [3.05, 3.63) is 22.4 Å². The predicted octanol–water partition coefficient (Wildman–Crippen LogP) is 1.53.